The first-order chi connectivity index (χ1) is 7.52. The van der Waals surface area contributed by atoms with Crippen molar-refractivity contribution in [3.05, 3.63) is 24.2 Å². The molecular weight excluding hydrogens is 200 g/mol. The van der Waals surface area contributed by atoms with Crippen molar-refractivity contribution in [2.75, 3.05) is 13.1 Å². The third-order valence-corrected chi connectivity index (χ3v) is 3.49. The molecule has 92 valence electrons. The highest BCUT2D eigenvalue weighted by Gasteiger charge is 2.31. The number of rotatable bonds is 6. The minimum atomic E-state index is -0.00368. The molecule has 0 bridgehead atoms. The second kappa shape index (κ2) is 5.51. The zero-order valence-corrected chi connectivity index (χ0v) is 10.9. The Morgan fingerprint density at radius 2 is 2.00 bits per heavy atom. The minimum Gasteiger partial charge on any atom is -0.469 e. The molecule has 0 amide bonds. The van der Waals surface area contributed by atoms with Crippen LogP contribution in [0.3, 0.4) is 0 Å². The lowest BCUT2D eigenvalue weighted by atomic mass is 9.90. The minimum absolute atomic E-state index is 0.00368. The summed E-state index contributed by atoms with van der Waals surface area (Å²) in [7, 11) is 0. The summed E-state index contributed by atoms with van der Waals surface area (Å²) < 4.78 is 5.35. The summed E-state index contributed by atoms with van der Waals surface area (Å²) >= 11 is 0. The van der Waals surface area contributed by atoms with Gasteiger partial charge >= 0.3 is 0 Å². The quantitative estimate of drug-likeness (QED) is 0.806. The highest BCUT2D eigenvalue weighted by molar-refractivity contribution is 5.04. The lowest BCUT2D eigenvalue weighted by Crippen LogP contribution is -2.56. The van der Waals surface area contributed by atoms with Crippen LogP contribution in [0.25, 0.3) is 0 Å². The van der Waals surface area contributed by atoms with Crippen LogP contribution in [0.1, 0.15) is 33.5 Å². The predicted octanol–water partition coefficient (Wildman–Crippen LogP) is 2.27. The molecule has 3 nitrogen and oxygen atoms in total. The van der Waals surface area contributed by atoms with E-state index in [-0.39, 0.29) is 11.6 Å². The Bertz CT molecular complexity index is 289. The summed E-state index contributed by atoms with van der Waals surface area (Å²) in [6.07, 6.45) is 2.49. The first-order valence-electron chi connectivity index (χ1n) is 6.05. The molecule has 0 fully saturated rings. The molecule has 1 atom stereocenters. The van der Waals surface area contributed by atoms with Crippen LogP contribution in [0.15, 0.2) is 22.8 Å². The molecule has 1 heterocycles. The summed E-state index contributed by atoms with van der Waals surface area (Å²) in [4.78, 5) is 2.39. The second-order valence-electron chi connectivity index (χ2n) is 4.72. The van der Waals surface area contributed by atoms with Gasteiger partial charge in [0.2, 0.25) is 0 Å². The zero-order valence-electron chi connectivity index (χ0n) is 10.9. The van der Waals surface area contributed by atoms with Crippen molar-refractivity contribution in [3.63, 3.8) is 0 Å². The summed E-state index contributed by atoms with van der Waals surface area (Å²) in [5.41, 5.74) is 6.29. The number of nitrogens with two attached hydrogens (primary N) is 1. The van der Waals surface area contributed by atoms with Crippen molar-refractivity contribution in [1.29, 1.82) is 0 Å². The Labute approximate surface area is 98.6 Å². The van der Waals surface area contributed by atoms with Crippen molar-refractivity contribution < 1.29 is 4.42 Å². The van der Waals surface area contributed by atoms with Gasteiger partial charge in [-0.3, -0.25) is 4.90 Å². The van der Waals surface area contributed by atoms with Crippen LogP contribution in [-0.4, -0.2) is 29.6 Å². The fourth-order valence-corrected chi connectivity index (χ4v) is 2.17. The van der Waals surface area contributed by atoms with Crippen molar-refractivity contribution in [3.8, 4) is 0 Å². The Morgan fingerprint density at radius 1 is 1.38 bits per heavy atom. The van der Waals surface area contributed by atoms with Crippen molar-refractivity contribution in [2.45, 2.75) is 45.7 Å². The van der Waals surface area contributed by atoms with Crippen molar-refractivity contribution in [2.24, 2.45) is 5.73 Å². The van der Waals surface area contributed by atoms with E-state index in [0.717, 1.165) is 25.3 Å². The van der Waals surface area contributed by atoms with Gasteiger partial charge < -0.3 is 10.2 Å². The van der Waals surface area contributed by atoms with Gasteiger partial charge in [0.15, 0.2) is 0 Å². The fraction of sp³-hybridized carbons (Fsp3) is 0.692. The maximum atomic E-state index is 6.29. The maximum Gasteiger partial charge on any atom is 0.105 e. The summed E-state index contributed by atoms with van der Waals surface area (Å²) in [6, 6.07) is 3.98. The molecular formula is C13H24N2O. The molecule has 0 spiro atoms. The number of likely N-dealkylation sites (N-methyl/N-ethyl adjacent to an activating group) is 1. The van der Waals surface area contributed by atoms with E-state index in [0.29, 0.717) is 0 Å². The van der Waals surface area contributed by atoms with E-state index in [2.05, 4.69) is 32.6 Å². The molecule has 0 saturated heterocycles. The average Bonchev–Trinajstić information content (AvgIpc) is 2.71. The van der Waals surface area contributed by atoms with Gasteiger partial charge in [-0.05, 0) is 39.1 Å². The van der Waals surface area contributed by atoms with Gasteiger partial charge in [0.05, 0.1) is 6.26 Å². The standard InChI is InChI=1S/C13H24N2O/c1-5-15(6-2)13(3,4)12(14)10-11-8-7-9-16-11/h7-9,12H,5-6,10,14H2,1-4H3. The lowest BCUT2D eigenvalue weighted by molar-refractivity contribution is 0.104. The number of furan rings is 1. The van der Waals surface area contributed by atoms with E-state index >= 15 is 0 Å². The van der Waals surface area contributed by atoms with Crippen molar-refractivity contribution >= 4 is 0 Å². The highest BCUT2D eigenvalue weighted by Crippen LogP contribution is 2.20. The van der Waals surface area contributed by atoms with Crippen LogP contribution in [0.2, 0.25) is 0 Å². The van der Waals surface area contributed by atoms with Gasteiger partial charge in [0.25, 0.3) is 0 Å². The molecule has 3 heteroatoms. The molecule has 16 heavy (non-hydrogen) atoms. The molecule has 0 aliphatic carbocycles. The largest absolute Gasteiger partial charge is 0.469 e. The fourth-order valence-electron chi connectivity index (χ4n) is 2.17. The normalized spacial score (nSPS) is 14.4. The molecule has 0 aliphatic rings. The molecule has 1 aromatic rings. The van der Waals surface area contributed by atoms with E-state index < -0.39 is 0 Å². The smallest absolute Gasteiger partial charge is 0.105 e. The number of nitrogens with zero attached hydrogens (tertiary/aromatic N) is 1. The summed E-state index contributed by atoms with van der Waals surface area (Å²) in [5.74, 6) is 0.965. The molecule has 0 radical (unpaired) electrons. The van der Waals surface area contributed by atoms with Crippen molar-refractivity contribution in [1.82, 2.24) is 4.90 Å². The van der Waals surface area contributed by atoms with E-state index in [1.807, 2.05) is 12.1 Å². The molecule has 1 rings (SSSR count). The molecule has 0 saturated carbocycles. The summed E-state index contributed by atoms with van der Waals surface area (Å²) in [5, 5.41) is 0. The topological polar surface area (TPSA) is 42.4 Å². The van der Waals surface area contributed by atoms with Crippen LogP contribution in [0.5, 0.6) is 0 Å². The lowest BCUT2D eigenvalue weighted by Gasteiger charge is -2.41. The maximum absolute atomic E-state index is 6.29. The van der Waals surface area contributed by atoms with Gasteiger partial charge in [0, 0.05) is 18.0 Å². The molecule has 1 unspecified atom stereocenters. The SMILES string of the molecule is CCN(CC)C(C)(C)C(N)Cc1ccco1. The number of hydrogen-bond acceptors (Lipinski definition) is 3. The van der Waals surface area contributed by atoms with Gasteiger partial charge in [-0.2, -0.15) is 0 Å². The van der Waals surface area contributed by atoms with E-state index in [1.54, 1.807) is 6.26 Å². The van der Waals surface area contributed by atoms with Gasteiger partial charge in [0.1, 0.15) is 5.76 Å². The average molecular weight is 224 g/mol. The Kier molecular flexibility index (Phi) is 4.56. The van der Waals surface area contributed by atoms with Crippen LogP contribution >= 0.6 is 0 Å². The monoisotopic (exact) mass is 224 g/mol. The third-order valence-electron chi connectivity index (χ3n) is 3.49. The van der Waals surface area contributed by atoms with E-state index in [1.165, 1.54) is 0 Å². The Hall–Kier alpha value is -0.800. The zero-order chi connectivity index (χ0) is 12.2. The van der Waals surface area contributed by atoms with E-state index in [4.69, 9.17) is 10.2 Å². The Morgan fingerprint density at radius 3 is 2.44 bits per heavy atom. The Balaban J connectivity index is 2.67. The highest BCUT2D eigenvalue weighted by atomic mass is 16.3. The van der Waals surface area contributed by atoms with Gasteiger partial charge in [-0.1, -0.05) is 13.8 Å². The van der Waals surface area contributed by atoms with Gasteiger partial charge in [-0.25, -0.2) is 0 Å². The molecule has 1 aromatic heterocycles. The molecule has 2 N–H and O–H groups in total. The third kappa shape index (κ3) is 2.86. The second-order valence-corrected chi connectivity index (χ2v) is 4.72. The predicted molar refractivity (Wildman–Crippen MR) is 67.4 cm³/mol. The molecule has 0 aliphatic heterocycles. The first-order valence-corrected chi connectivity index (χ1v) is 6.05. The number of hydrogen-bond donors (Lipinski definition) is 1. The van der Waals surface area contributed by atoms with Gasteiger partial charge in [-0.15, -0.1) is 0 Å². The van der Waals surface area contributed by atoms with Crippen LogP contribution in [0, 0.1) is 0 Å². The van der Waals surface area contributed by atoms with Crippen LogP contribution in [-0.2, 0) is 6.42 Å². The molecule has 0 aromatic carbocycles. The van der Waals surface area contributed by atoms with E-state index in [9.17, 15) is 0 Å². The van der Waals surface area contributed by atoms with Crippen LogP contribution in [0.4, 0.5) is 0 Å². The van der Waals surface area contributed by atoms with Crippen LogP contribution < -0.4 is 5.73 Å². The summed E-state index contributed by atoms with van der Waals surface area (Å²) in [6.45, 7) is 10.8. The first kappa shape index (κ1) is 13.3.